The normalized spacial score (nSPS) is 23.9. The van der Waals surface area contributed by atoms with Crippen LogP contribution in [0.3, 0.4) is 0 Å². The zero-order valence-corrected chi connectivity index (χ0v) is 15.3. The zero-order valence-electron chi connectivity index (χ0n) is 15.3. The Kier molecular flexibility index (Phi) is 4.68. The molecule has 140 valence electrons. The summed E-state index contributed by atoms with van der Waals surface area (Å²) < 4.78 is 13.2. The fraction of sp³-hybridized carbons (Fsp3) is 0.364. The lowest BCUT2D eigenvalue weighted by Crippen LogP contribution is -2.46. The van der Waals surface area contributed by atoms with Crippen LogP contribution in [-0.2, 0) is 0 Å². The molecule has 0 aliphatic carbocycles. The van der Waals surface area contributed by atoms with Crippen molar-refractivity contribution < 1.29 is 14.0 Å². The average molecular weight is 366 g/mol. The summed E-state index contributed by atoms with van der Waals surface area (Å²) in [7, 11) is 1.58. The van der Waals surface area contributed by atoms with Crippen molar-refractivity contribution in [3.63, 3.8) is 0 Å². The summed E-state index contributed by atoms with van der Waals surface area (Å²) in [4.78, 5) is 27.0. The molecule has 2 amide bonds. The van der Waals surface area contributed by atoms with Gasteiger partial charge in [-0.2, -0.15) is 0 Å². The fourth-order valence-electron chi connectivity index (χ4n) is 4.60. The number of hydrogen-bond donors (Lipinski definition) is 1. The third-order valence-corrected chi connectivity index (χ3v) is 5.91. The number of carbonyl (C=O) groups excluding carboxylic acids is 2. The Balaban J connectivity index is 1.53. The molecule has 0 saturated carbocycles. The van der Waals surface area contributed by atoms with E-state index in [2.05, 4.69) is 5.32 Å². The highest BCUT2D eigenvalue weighted by molar-refractivity contribution is 6.00. The van der Waals surface area contributed by atoms with Gasteiger partial charge in [0.25, 0.3) is 11.8 Å². The van der Waals surface area contributed by atoms with Crippen LogP contribution in [0.25, 0.3) is 0 Å². The van der Waals surface area contributed by atoms with Gasteiger partial charge >= 0.3 is 0 Å². The number of hydrogen-bond acceptors (Lipinski definition) is 2. The van der Waals surface area contributed by atoms with Gasteiger partial charge in [0, 0.05) is 30.3 Å². The van der Waals surface area contributed by atoms with E-state index in [0.717, 1.165) is 31.2 Å². The van der Waals surface area contributed by atoms with Gasteiger partial charge < -0.3 is 10.2 Å². The topological polar surface area (TPSA) is 49.4 Å². The monoisotopic (exact) mass is 366 g/mol. The predicted octanol–water partition coefficient (Wildman–Crippen LogP) is 3.74. The molecule has 0 radical (unpaired) electrons. The zero-order chi connectivity index (χ0) is 19.0. The molecule has 2 aromatic carbocycles. The first-order valence-electron chi connectivity index (χ1n) is 9.47. The summed E-state index contributed by atoms with van der Waals surface area (Å²) in [6, 6.07) is 14.1. The Hall–Kier alpha value is -2.69. The smallest absolute Gasteiger partial charge is 0.254 e. The number of fused-ring (bicyclic) bond motifs is 2. The third-order valence-electron chi connectivity index (χ3n) is 5.91. The maximum atomic E-state index is 13.2. The molecule has 2 saturated heterocycles. The number of halogens is 1. The summed E-state index contributed by atoms with van der Waals surface area (Å²) in [6.45, 7) is 0. The molecule has 27 heavy (non-hydrogen) atoms. The number of carbonyl (C=O) groups is 2. The van der Waals surface area contributed by atoms with E-state index in [-0.39, 0.29) is 29.7 Å². The molecule has 4 rings (SSSR count). The first kappa shape index (κ1) is 17.7. The molecule has 4 nitrogen and oxygen atoms in total. The van der Waals surface area contributed by atoms with E-state index in [0.29, 0.717) is 17.0 Å². The number of benzene rings is 2. The van der Waals surface area contributed by atoms with Crippen molar-refractivity contribution in [3.05, 3.63) is 71.0 Å². The molecule has 2 unspecified atom stereocenters. The van der Waals surface area contributed by atoms with Gasteiger partial charge in [0.1, 0.15) is 5.82 Å². The highest BCUT2D eigenvalue weighted by atomic mass is 19.1. The van der Waals surface area contributed by atoms with Crippen molar-refractivity contribution >= 4 is 11.8 Å². The molecule has 2 aliphatic heterocycles. The Morgan fingerprint density at radius 1 is 1.00 bits per heavy atom. The molecule has 5 heteroatoms. The van der Waals surface area contributed by atoms with E-state index in [9.17, 15) is 14.0 Å². The van der Waals surface area contributed by atoms with Crippen LogP contribution in [0.15, 0.2) is 48.5 Å². The van der Waals surface area contributed by atoms with Crippen molar-refractivity contribution in [1.82, 2.24) is 10.2 Å². The molecule has 2 heterocycles. The van der Waals surface area contributed by atoms with Crippen LogP contribution in [0.2, 0.25) is 0 Å². The molecule has 2 atom stereocenters. The molecular weight excluding hydrogens is 343 g/mol. The van der Waals surface area contributed by atoms with Crippen LogP contribution in [0.5, 0.6) is 0 Å². The average Bonchev–Trinajstić information content (AvgIpc) is 2.96. The second-order valence-corrected chi connectivity index (χ2v) is 7.48. The lowest BCUT2D eigenvalue weighted by atomic mass is 9.84. The van der Waals surface area contributed by atoms with E-state index >= 15 is 0 Å². The number of amides is 2. The number of nitrogens with zero attached hydrogens (tertiary/aromatic N) is 1. The minimum atomic E-state index is -0.217. The van der Waals surface area contributed by atoms with E-state index in [1.807, 2.05) is 17.0 Å². The summed E-state index contributed by atoms with van der Waals surface area (Å²) >= 11 is 0. The summed E-state index contributed by atoms with van der Waals surface area (Å²) in [5.74, 6) is -0.0388. The number of rotatable bonds is 3. The highest BCUT2D eigenvalue weighted by Crippen LogP contribution is 2.43. The van der Waals surface area contributed by atoms with Crippen LogP contribution in [0.4, 0.5) is 4.39 Å². The molecule has 2 fully saturated rings. The summed E-state index contributed by atoms with van der Waals surface area (Å²) in [6.07, 6.45) is 3.82. The largest absolute Gasteiger partial charge is 0.355 e. The van der Waals surface area contributed by atoms with Gasteiger partial charge in [0.15, 0.2) is 0 Å². The van der Waals surface area contributed by atoms with Crippen molar-refractivity contribution in [2.24, 2.45) is 0 Å². The molecule has 2 aliphatic rings. The second-order valence-electron chi connectivity index (χ2n) is 7.48. The van der Waals surface area contributed by atoms with Crippen LogP contribution < -0.4 is 5.32 Å². The van der Waals surface area contributed by atoms with Gasteiger partial charge in [-0.3, -0.25) is 9.59 Å². The quantitative estimate of drug-likeness (QED) is 0.900. The van der Waals surface area contributed by atoms with E-state index in [1.165, 1.54) is 12.1 Å². The van der Waals surface area contributed by atoms with Gasteiger partial charge in [-0.05, 0) is 67.5 Å². The minimum absolute atomic E-state index is 0.00538. The number of nitrogens with one attached hydrogen (secondary N) is 1. The Labute approximate surface area is 158 Å². The Morgan fingerprint density at radius 2 is 1.63 bits per heavy atom. The lowest BCUT2D eigenvalue weighted by molar-refractivity contribution is 0.0571. The van der Waals surface area contributed by atoms with Crippen LogP contribution >= 0.6 is 0 Å². The first-order chi connectivity index (χ1) is 13.1. The van der Waals surface area contributed by atoms with Gasteiger partial charge in [-0.15, -0.1) is 0 Å². The molecule has 2 aromatic rings. The molecule has 1 N–H and O–H groups in total. The maximum Gasteiger partial charge on any atom is 0.254 e. The maximum absolute atomic E-state index is 13.2. The highest BCUT2D eigenvalue weighted by Gasteiger charge is 2.43. The molecule has 0 aromatic heterocycles. The van der Waals surface area contributed by atoms with Gasteiger partial charge in [-0.25, -0.2) is 4.39 Å². The van der Waals surface area contributed by atoms with Crippen LogP contribution in [0.1, 0.15) is 57.9 Å². The fourth-order valence-corrected chi connectivity index (χ4v) is 4.60. The minimum Gasteiger partial charge on any atom is -0.355 e. The third kappa shape index (κ3) is 3.34. The van der Waals surface area contributed by atoms with Crippen LogP contribution in [0, 0.1) is 5.82 Å². The van der Waals surface area contributed by atoms with E-state index in [4.69, 9.17) is 0 Å². The van der Waals surface area contributed by atoms with Gasteiger partial charge in [-0.1, -0.05) is 18.2 Å². The number of piperidine rings is 1. The molecular formula is C22H23FN2O2. The first-order valence-corrected chi connectivity index (χ1v) is 9.47. The van der Waals surface area contributed by atoms with Crippen LogP contribution in [-0.4, -0.2) is 35.8 Å². The van der Waals surface area contributed by atoms with E-state index < -0.39 is 0 Å². The van der Waals surface area contributed by atoms with Crippen molar-refractivity contribution in [1.29, 1.82) is 0 Å². The predicted molar refractivity (Wildman–Crippen MR) is 101 cm³/mol. The van der Waals surface area contributed by atoms with Crippen molar-refractivity contribution in [2.45, 2.75) is 43.7 Å². The standard InChI is InChI=1S/C22H23FN2O2/c1-24-21(26)15-3-2-4-16(11-15)22(27)25-19-9-10-20(25)13-17(12-19)14-5-7-18(23)8-6-14/h2-8,11,17,19-20H,9-10,12-13H2,1H3,(H,24,26). The lowest BCUT2D eigenvalue weighted by Gasteiger charge is -2.39. The van der Waals surface area contributed by atoms with Gasteiger partial charge in [0.05, 0.1) is 0 Å². The van der Waals surface area contributed by atoms with Crippen molar-refractivity contribution in [2.75, 3.05) is 7.05 Å². The summed E-state index contributed by atoms with van der Waals surface area (Å²) in [5.41, 5.74) is 2.21. The Bertz CT molecular complexity index is 851. The van der Waals surface area contributed by atoms with Crippen molar-refractivity contribution in [3.8, 4) is 0 Å². The van der Waals surface area contributed by atoms with Gasteiger partial charge in [0.2, 0.25) is 0 Å². The second kappa shape index (κ2) is 7.14. The molecule has 2 bridgehead atoms. The summed E-state index contributed by atoms with van der Waals surface area (Å²) in [5, 5.41) is 2.59. The van der Waals surface area contributed by atoms with E-state index in [1.54, 1.807) is 31.3 Å². The SMILES string of the molecule is CNC(=O)c1cccc(C(=O)N2C3CCC2CC(c2ccc(F)cc2)C3)c1. The Morgan fingerprint density at radius 3 is 2.26 bits per heavy atom. The molecule has 0 spiro atoms.